The van der Waals surface area contributed by atoms with Gasteiger partial charge in [0.2, 0.25) is 0 Å². The lowest BCUT2D eigenvalue weighted by atomic mass is 9.95. The minimum atomic E-state index is 1.21. The summed E-state index contributed by atoms with van der Waals surface area (Å²) in [5.41, 5.74) is 8.63. The lowest BCUT2D eigenvalue weighted by molar-refractivity contribution is 1.20. The minimum absolute atomic E-state index is 1.21. The Bertz CT molecular complexity index is 2490. The summed E-state index contributed by atoms with van der Waals surface area (Å²) in [5.74, 6) is 0. The first kappa shape index (κ1) is 24.0. The summed E-state index contributed by atoms with van der Waals surface area (Å²) in [4.78, 5) is 0. The first-order chi connectivity index (χ1) is 21.3. The Morgan fingerprint density at radius 1 is 0.302 bits per heavy atom. The largest absolute Gasteiger partial charge is 0.309 e. The number of benzene rings is 8. The third-order valence-corrected chi connectivity index (χ3v) is 8.94. The molecule has 43 heavy (non-hydrogen) atoms. The SMILES string of the molecule is c1ccc(-c2ccc3cc(-c4ccc5ccc6c(c5c4)c4ccccc4n6-c4cccc5ccccc45)ccc3c2)cc1. The highest BCUT2D eigenvalue weighted by atomic mass is 15.0. The van der Waals surface area contributed by atoms with Crippen LogP contribution in [-0.2, 0) is 0 Å². The van der Waals surface area contributed by atoms with Gasteiger partial charge < -0.3 is 4.57 Å². The molecule has 0 aliphatic rings. The van der Waals surface area contributed by atoms with Crippen molar-refractivity contribution in [1.29, 1.82) is 0 Å². The van der Waals surface area contributed by atoms with Gasteiger partial charge in [-0.05, 0) is 85.6 Å². The van der Waals surface area contributed by atoms with E-state index in [0.29, 0.717) is 0 Å². The molecule has 0 fully saturated rings. The Morgan fingerprint density at radius 2 is 0.884 bits per heavy atom. The monoisotopic (exact) mass is 545 g/mol. The van der Waals surface area contributed by atoms with Gasteiger partial charge in [-0.2, -0.15) is 0 Å². The molecule has 0 atom stereocenters. The second-order valence-electron chi connectivity index (χ2n) is 11.4. The van der Waals surface area contributed by atoms with Crippen LogP contribution < -0.4 is 0 Å². The molecule has 0 spiro atoms. The molecule has 200 valence electrons. The molecular weight excluding hydrogens is 518 g/mol. The molecule has 0 radical (unpaired) electrons. The summed E-state index contributed by atoms with van der Waals surface area (Å²) < 4.78 is 2.44. The number of nitrogens with zero attached hydrogens (tertiary/aromatic N) is 1. The van der Waals surface area contributed by atoms with Gasteiger partial charge in [-0.25, -0.2) is 0 Å². The zero-order chi connectivity index (χ0) is 28.3. The van der Waals surface area contributed by atoms with Crippen molar-refractivity contribution in [2.75, 3.05) is 0 Å². The number of hydrogen-bond donors (Lipinski definition) is 0. The average molecular weight is 546 g/mol. The Hall–Kier alpha value is -5.66. The molecule has 0 saturated carbocycles. The molecule has 1 heterocycles. The van der Waals surface area contributed by atoms with Gasteiger partial charge >= 0.3 is 0 Å². The maximum atomic E-state index is 2.44. The van der Waals surface area contributed by atoms with E-state index in [4.69, 9.17) is 0 Å². The molecule has 9 rings (SSSR count). The van der Waals surface area contributed by atoms with Crippen LogP contribution in [-0.4, -0.2) is 4.57 Å². The molecule has 9 aromatic rings. The van der Waals surface area contributed by atoms with Crippen LogP contribution in [0.25, 0.3) is 82.1 Å². The van der Waals surface area contributed by atoms with Crippen molar-refractivity contribution < 1.29 is 0 Å². The molecule has 0 unspecified atom stereocenters. The smallest absolute Gasteiger partial charge is 0.0547 e. The van der Waals surface area contributed by atoms with Gasteiger partial charge in [0.05, 0.1) is 16.7 Å². The molecule has 1 heteroatoms. The fraction of sp³-hybridized carbons (Fsp3) is 0. The van der Waals surface area contributed by atoms with Gasteiger partial charge in [0.15, 0.2) is 0 Å². The van der Waals surface area contributed by atoms with Crippen LogP contribution in [0.3, 0.4) is 0 Å². The topological polar surface area (TPSA) is 4.93 Å². The molecule has 0 amide bonds. The van der Waals surface area contributed by atoms with E-state index in [1.807, 2.05) is 0 Å². The van der Waals surface area contributed by atoms with Gasteiger partial charge in [-0.1, -0.05) is 127 Å². The lowest BCUT2D eigenvalue weighted by Gasteiger charge is -2.12. The van der Waals surface area contributed by atoms with Gasteiger partial charge in [0.25, 0.3) is 0 Å². The van der Waals surface area contributed by atoms with Crippen molar-refractivity contribution in [1.82, 2.24) is 4.57 Å². The second-order valence-corrected chi connectivity index (χ2v) is 11.4. The number of aromatic nitrogens is 1. The van der Waals surface area contributed by atoms with Gasteiger partial charge in [0.1, 0.15) is 0 Å². The van der Waals surface area contributed by atoms with Crippen molar-refractivity contribution >= 4 is 54.1 Å². The maximum Gasteiger partial charge on any atom is 0.0547 e. The molecular formula is C42H27N. The van der Waals surface area contributed by atoms with Crippen molar-refractivity contribution in [2.24, 2.45) is 0 Å². The second kappa shape index (κ2) is 9.44. The summed E-state index contributed by atoms with van der Waals surface area (Å²) in [7, 11) is 0. The quantitative estimate of drug-likeness (QED) is 0.208. The minimum Gasteiger partial charge on any atom is -0.309 e. The fourth-order valence-electron chi connectivity index (χ4n) is 6.87. The van der Waals surface area contributed by atoms with Crippen LogP contribution in [0.4, 0.5) is 0 Å². The molecule has 0 aliphatic heterocycles. The van der Waals surface area contributed by atoms with Crippen molar-refractivity contribution in [3.8, 4) is 27.9 Å². The van der Waals surface area contributed by atoms with Crippen molar-refractivity contribution in [2.45, 2.75) is 0 Å². The highest BCUT2D eigenvalue weighted by Gasteiger charge is 2.16. The van der Waals surface area contributed by atoms with Crippen molar-refractivity contribution in [3.05, 3.63) is 164 Å². The molecule has 0 aliphatic carbocycles. The summed E-state index contributed by atoms with van der Waals surface area (Å²) >= 11 is 0. The van der Waals surface area contributed by atoms with E-state index in [9.17, 15) is 0 Å². The normalized spacial score (nSPS) is 11.7. The lowest BCUT2D eigenvalue weighted by Crippen LogP contribution is -1.95. The van der Waals surface area contributed by atoms with E-state index >= 15 is 0 Å². The van der Waals surface area contributed by atoms with Crippen LogP contribution in [0.15, 0.2) is 164 Å². The highest BCUT2D eigenvalue weighted by molar-refractivity contribution is 6.22. The fourth-order valence-corrected chi connectivity index (χ4v) is 6.87. The van der Waals surface area contributed by atoms with E-state index < -0.39 is 0 Å². The molecule has 1 nitrogen and oxygen atoms in total. The Labute approximate surface area is 249 Å². The van der Waals surface area contributed by atoms with Crippen LogP contribution >= 0.6 is 0 Å². The molecule has 0 N–H and O–H groups in total. The summed E-state index contributed by atoms with van der Waals surface area (Å²) in [5, 5.41) is 10.1. The van der Waals surface area contributed by atoms with Crippen LogP contribution in [0.5, 0.6) is 0 Å². The predicted molar refractivity (Wildman–Crippen MR) is 184 cm³/mol. The summed E-state index contributed by atoms with van der Waals surface area (Å²) in [6, 6.07) is 59.8. The molecule has 8 aromatic carbocycles. The highest BCUT2D eigenvalue weighted by Crippen LogP contribution is 2.40. The van der Waals surface area contributed by atoms with E-state index in [1.54, 1.807) is 0 Å². The Kier molecular flexibility index (Phi) is 5.27. The molecule has 0 bridgehead atoms. The third kappa shape index (κ3) is 3.79. The number of fused-ring (bicyclic) bond motifs is 7. The van der Waals surface area contributed by atoms with E-state index in [-0.39, 0.29) is 0 Å². The molecule has 1 aromatic heterocycles. The summed E-state index contributed by atoms with van der Waals surface area (Å²) in [6.07, 6.45) is 0. The maximum absolute atomic E-state index is 2.44. The number of rotatable bonds is 3. The van der Waals surface area contributed by atoms with Crippen molar-refractivity contribution in [3.63, 3.8) is 0 Å². The Balaban J connectivity index is 1.25. The van der Waals surface area contributed by atoms with Crippen LogP contribution in [0.2, 0.25) is 0 Å². The van der Waals surface area contributed by atoms with Gasteiger partial charge in [0, 0.05) is 16.2 Å². The average Bonchev–Trinajstić information content (AvgIpc) is 3.42. The van der Waals surface area contributed by atoms with Gasteiger partial charge in [-0.15, -0.1) is 0 Å². The Morgan fingerprint density at radius 3 is 1.70 bits per heavy atom. The third-order valence-electron chi connectivity index (χ3n) is 8.94. The van der Waals surface area contributed by atoms with Crippen LogP contribution in [0.1, 0.15) is 0 Å². The summed E-state index contributed by atoms with van der Waals surface area (Å²) in [6.45, 7) is 0. The van der Waals surface area contributed by atoms with Crippen LogP contribution in [0, 0.1) is 0 Å². The zero-order valence-corrected chi connectivity index (χ0v) is 23.5. The number of hydrogen-bond acceptors (Lipinski definition) is 0. The molecule has 0 saturated heterocycles. The van der Waals surface area contributed by atoms with E-state index in [1.165, 1.54) is 82.1 Å². The van der Waals surface area contributed by atoms with E-state index in [0.717, 1.165) is 0 Å². The van der Waals surface area contributed by atoms with E-state index in [2.05, 4.69) is 168 Å². The van der Waals surface area contributed by atoms with Gasteiger partial charge in [-0.3, -0.25) is 0 Å². The zero-order valence-electron chi connectivity index (χ0n) is 23.5. The standard InChI is InChI=1S/C42H27N/c1-2-9-28(10-3-1)31-19-20-33-26-34(22-21-32(33)25-31)35-18-17-30-23-24-41-42(38(30)27-35)37-14-6-7-15-40(37)43(41)39-16-8-12-29-11-4-5-13-36(29)39/h1-27H. The first-order valence-corrected chi connectivity index (χ1v) is 14.9. The number of para-hydroxylation sites is 1. The predicted octanol–water partition coefficient (Wildman–Crippen LogP) is 11.6. The first-order valence-electron chi connectivity index (χ1n) is 14.9.